The van der Waals surface area contributed by atoms with Gasteiger partial charge in [-0.1, -0.05) is 23.7 Å². The van der Waals surface area contributed by atoms with Gasteiger partial charge >= 0.3 is 0 Å². The van der Waals surface area contributed by atoms with Crippen molar-refractivity contribution in [2.24, 2.45) is 12.8 Å². The van der Waals surface area contributed by atoms with E-state index in [2.05, 4.69) is 4.98 Å². The topological polar surface area (TPSA) is 53.1 Å². The summed E-state index contributed by atoms with van der Waals surface area (Å²) < 4.78 is 7.19. The van der Waals surface area contributed by atoms with Gasteiger partial charge in [0.2, 0.25) is 0 Å². The molecule has 0 aliphatic carbocycles. The first-order valence-electron chi connectivity index (χ1n) is 5.73. The Morgan fingerprint density at radius 3 is 2.89 bits per heavy atom. The molecule has 0 aliphatic heterocycles. The lowest BCUT2D eigenvalue weighted by Gasteiger charge is -2.06. The second-order valence-electron chi connectivity index (χ2n) is 4.00. The normalized spacial score (nSPS) is 10.7. The molecule has 1 aromatic carbocycles. The number of imidazole rings is 1. The Balaban J connectivity index is 2.47. The third-order valence-electron chi connectivity index (χ3n) is 2.87. The molecule has 0 unspecified atom stereocenters. The van der Waals surface area contributed by atoms with Crippen LogP contribution < -0.4 is 10.5 Å². The third kappa shape index (κ3) is 2.35. The Morgan fingerprint density at radius 1 is 1.44 bits per heavy atom. The average Bonchev–Trinajstić information content (AvgIpc) is 2.67. The van der Waals surface area contributed by atoms with Gasteiger partial charge in [-0.25, -0.2) is 4.98 Å². The van der Waals surface area contributed by atoms with E-state index in [0.29, 0.717) is 18.1 Å². The summed E-state index contributed by atoms with van der Waals surface area (Å²) in [6.07, 6.45) is 0.715. The second kappa shape index (κ2) is 5.42. The van der Waals surface area contributed by atoms with Crippen LogP contribution in [0.2, 0.25) is 5.15 Å². The van der Waals surface area contributed by atoms with Gasteiger partial charge in [0.05, 0.1) is 12.8 Å². The molecule has 1 aromatic heterocycles. The van der Waals surface area contributed by atoms with E-state index in [1.54, 1.807) is 7.11 Å². The highest BCUT2D eigenvalue weighted by molar-refractivity contribution is 6.30. The minimum atomic E-state index is 0.515. The van der Waals surface area contributed by atoms with E-state index in [0.717, 1.165) is 22.8 Å². The number of nitrogens with two attached hydrogens (primary N) is 1. The molecular weight excluding hydrogens is 250 g/mol. The highest BCUT2D eigenvalue weighted by Gasteiger charge is 2.14. The smallest absolute Gasteiger partial charge is 0.151 e. The molecule has 0 amide bonds. The number of hydrogen-bond donors (Lipinski definition) is 1. The lowest BCUT2D eigenvalue weighted by Crippen LogP contribution is -2.07. The molecule has 0 aliphatic rings. The fraction of sp³-hybridized carbons (Fsp3) is 0.308. The van der Waals surface area contributed by atoms with Crippen LogP contribution >= 0.6 is 11.6 Å². The molecule has 0 saturated heterocycles. The minimum Gasteiger partial charge on any atom is -0.497 e. The van der Waals surface area contributed by atoms with Crippen molar-refractivity contribution < 1.29 is 4.74 Å². The maximum atomic E-state index is 6.13. The van der Waals surface area contributed by atoms with Crippen LogP contribution in [0.5, 0.6) is 5.75 Å². The SMILES string of the molecule is COc1cccc(-c2nc(Cl)c(CCN)n2C)c1. The van der Waals surface area contributed by atoms with Crippen molar-refractivity contribution in [3.63, 3.8) is 0 Å². The number of ether oxygens (including phenoxy) is 1. The molecule has 1 heterocycles. The van der Waals surface area contributed by atoms with Crippen LogP contribution in [0.15, 0.2) is 24.3 Å². The molecule has 2 rings (SSSR count). The largest absolute Gasteiger partial charge is 0.497 e. The first-order valence-corrected chi connectivity index (χ1v) is 6.10. The van der Waals surface area contributed by atoms with Gasteiger partial charge in [0.15, 0.2) is 5.15 Å². The summed E-state index contributed by atoms with van der Waals surface area (Å²) in [5, 5.41) is 0.515. The molecule has 2 N–H and O–H groups in total. The summed E-state index contributed by atoms with van der Waals surface area (Å²) in [5.74, 6) is 1.62. The first kappa shape index (κ1) is 12.9. The Kier molecular flexibility index (Phi) is 3.89. The lowest BCUT2D eigenvalue weighted by atomic mass is 10.2. The highest BCUT2D eigenvalue weighted by atomic mass is 35.5. The first-order chi connectivity index (χ1) is 8.67. The van der Waals surface area contributed by atoms with Gasteiger partial charge in [-0.15, -0.1) is 0 Å². The van der Waals surface area contributed by atoms with Gasteiger partial charge in [-0.3, -0.25) is 0 Å². The number of hydrogen-bond acceptors (Lipinski definition) is 3. The van der Waals surface area contributed by atoms with Gasteiger partial charge in [0.1, 0.15) is 11.6 Å². The van der Waals surface area contributed by atoms with Crippen LogP contribution in [0.25, 0.3) is 11.4 Å². The quantitative estimate of drug-likeness (QED) is 0.923. The van der Waals surface area contributed by atoms with E-state index in [-0.39, 0.29) is 0 Å². The maximum Gasteiger partial charge on any atom is 0.151 e. The van der Waals surface area contributed by atoms with Crippen LogP contribution in [-0.4, -0.2) is 23.2 Å². The lowest BCUT2D eigenvalue weighted by molar-refractivity contribution is 0.415. The van der Waals surface area contributed by atoms with Crippen molar-refractivity contribution in [2.45, 2.75) is 6.42 Å². The summed E-state index contributed by atoms with van der Waals surface area (Å²) >= 11 is 6.13. The van der Waals surface area contributed by atoms with E-state index < -0.39 is 0 Å². The van der Waals surface area contributed by atoms with E-state index in [1.165, 1.54) is 0 Å². The number of nitrogens with zero attached hydrogens (tertiary/aromatic N) is 2. The van der Waals surface area contributed by atoms with Gasteiger partial charge < -0.3 is 15.0 Å². The monoisotopic (exact) mass is 265 g/mol. The third-order valence-corrected chi connectivity index (χ3v) is 3.18. The van der Waals surface area contributed by atoms with Crippen LogP contribution in [-0.2, 0) is 13.5 Å². The zero-order valence-corrected chi connectivity index (χ0v) is 11.2. The summed E-state index contributed by atoms with van der Waals surface area (Å²) in [5.41, 5.74) is 7.50. The summed E-state index contributed by atoms with van der Waals surface area (Å²) in [6.45, 7) is 0.552. The van der Waals surface area contributed by atoms with Crippen molar-refractivity contribution in [3.8, 4) is 17.1 Å². The molecule has 0 fully saturated rings. The maximum absolute atomic E-state index is 6.13. The molecule has 4 nitrogen and oxygen atoms in total. The van der Waals surface area contributed by atoms with Gasteiger partial charge in [0, 0.05) is 19.0 Å². The molecule has 96 valence electrons. The molecule has 2 aromatic rings. The Morgan fingerprint density at radius 2 is 2.22 bits per heavy atom. The zero-order valence-electron chi connectivity index (χ0n) is 10.5. The van der Waals surface area contributed by atoms with E-state index >= 15 is 0 Å². The van der Waals surface area contributed by atoms with E-state index in [4.69, 9.17) is 22.1 Å². The predicted octanol–water partition coefficient (Wildman–Crippen LogP) is 2.25. The van der Waals surface area contributed by atoms with E-state index in [1.807, 2.05) is 35.9 Å². The molecule has 0 saturated carbocycles. The molecule has 5 heteroatoms. The molecule has 0 bridgehead atoms. The number of halogens is 1. The molecule has 0 spiro atoms. The van der Waals surface area contributed by atoms with Crippen LogP contribution in [0.3, 0.4) is 0 Å². The number of methoxy groups -OCH3 is 1. The fourth-order valence-corrected chi connectivity index (χ4v) is 2.23. The summed E-state index contributed by atoms with van der Waals surface area (Å²) in [4.78, 5) is 4.39. The Bertz CT molecular complexity index is 551. The number of aromatic nitrogens is 2. The minimum absolute atomic E-state index is 0.515. The van der Waals surface area contributed by atoms with Crippen molar-refractivity contribution in [2.75, 3.05) is 13.7 Å². The molecular formula is C13H16ClN3O. The summed E-state index contributed by atoms with van der Waals surface area (Å²) in [7, 11) is 3.59. The van der Waals surface area contributed by atoms with Crippen LogP contribution in [0.1, 0.15) is 5.69 Å². The highest BCUT2D eigenvalue weighted by Crippen LogP contribution is 2.27. The molecule has 0 atom stereocenters. The number of benzene rings is 1. The van der Waals surface area contributed by atoms with Crippen molar-refractivity contribution in [1.82, 2.24) is 9.55 Å². The van der Waals surface area contributed by atoms with E-state index in [9.17, 15) is 0 Å². The average molecular weight is 266 g/mol. The van der Waals surface area contributed by atoms with Crippen molar-refractivity contribution in [1.29, 1.82) is 0 Å². The molecule has 0 radical (unpaired) electrons. The van der Waals surface area contributed by atoms with Gasteiger partial charge in [0.25, 0.3) is 0 Å². The Labute approximate surface area is 111 Å². The van der Waals surface area contributed by atoms with Crippen LogP contribution in [0, 0.1) is 0 Å². The standard InChI is InChI=1S/C13H16ClN3O/c1-17-11(6-7-15)12(14)16-13(17)9-4-3-5-10(8-9)18-2/h3-5,8H,6-7,15H2,1-2H3. The molecule has 18 heavy (non-hydrogen) atoms. The summed E-state index contributed by atoms with van der Waals surface area (Å²) in [6, 6.07) is 7.74. The Hall–Kier alpha value is -1.52. The predicted molar refractivity (Wildman–Crippen MR) is 73.0 cm³/mol. The number of rotatable bonds is 4. The fourth-order valence-electron chi connectivity index (χ4n) is 1.93. The van der Waals surface area contributed by atoms with Gasteiger partial charge in [-0.05, 0) is 18.7 Å². The zero-order chi connectivity index (χ0) is 13.1. The van der Waals surface area contributed by atoms with Crippen molar-refractivity contribution in [3.05, 3.63) is 35.1 Å². The second-order valence-corrected chi connectivity index (χ2v) is 4.36. The van der Waals surface area contributed by atoms with Crippen molar-refractivity contribution >= 4 is 11.6 Å². The van der Waals surface area contributed by atoms with Crippen LogP contribution in [0.4, 0.5) is 0 Å². The van der Waals surface area contributed by atoms with Gasteiger partial charge in [-0.2, -0.15) is 0 Å².